The summed E-state index contributed by atoms with van der Waals surface area (Å²) in [5, 5.41) is 5.68. The minimum atomic E-state index is -0.574. The van der Waals surface area contributed by atoms with Crippen LogP contribution < -0.4 is 16.4 Å². The van der Waals surface area contributed by atoms with Crippen LogP contribution >= 0.6 is 0 Å². The number of carbonyl (C=O) groups excluding carboxylic acids is 2. The molecule has 0 heterocycles. The molecule has 4 N–H and O–H groups in total. The molecule has 0 unspecified atom stereocenters. The van der Waals surface area contributed by atoms with Crippen molar-refractivity contribution >= 4 is 17.5 Å². The zero-order chi connectivity index (χ0) is 14.8. The van der Waals surface area contributed by atoms with E-state index in [-0.39, 0.29) is 24.3 Å². The maximum atomic E-state index is 12.1. The monoisotopic (exact) mass is 275 g/mol. The maximum Gasteiger partial charge on any atom is 0.253 e. The van der Waals surface area contributed by atoms with Crippen LogP contribution in [0.4, 0.5) is 5.69 Å². The van der Waals surface area contributed by atoms with Crippen molar-refractivity contribution in [2.75, 3.05) is 5.32 Å². The van der Waals surface area contributed by atoms with Crippen molar-refractivity contribution in [2.24, 2.45) is 5.73 Å². The number of nitrogens with two attached hydrogens (primary N) is 1. The van der Waals surface area contributed by atoms with E-state index in [2.05, 4.69) is 10.6 Å². The highest BCUT2D eigenvalue weighted by Crippen LogP contribution is 2.21. The van der Waals surface area contributed by atoms with Crippen LogP contribution in [0.3, 0.4) is 0 Å². The molecule has 2 rings (SSSR count). The standard InChI is InChI=1S/C15H21N3O2/c1-15(2,16)9-13(19)18-12-6-4-3-5-11(12)14(20)17-10-7-8-10/h3-6,10H,7-9,16H2,1-2H3,(H,17,20)(H,18,19). The van der Waals surface area contributed by atoms with Gasteiger partial charge in [-0.15, -0.1) is 0 Å². The van der Waals surface area contributed by atoms with Gasteiger partial charge in [-0.25, -0.2) is 0 Å². The SMILES string of the molecule is CC(C)(N)CC(=O)Nc1ccccc1C(=O)NC1CC1. The topological polar surface area (TPSA) is 84.2 Å². The first-order valence-corrected chi connectivity index (χ1v) is 6.84. The first-order valence-electron chi connectivity index (χ1n) is 6.84. The van der Waals surface area contributed by atoms with Crippen molar-refractivity contribution in [1.29, 1.82) is 0 Å². The highest BCUT2D eigenvalue weighted by Gasteiger charge is 2.25. The number of nitrogens with one attached hydrogen (secondary N) is 2. The Morgan fingerprint density at radius 1 is 1.30 bits per heavy atom. The number of benzene rings is 1. The lowest BCUT2D eigenvalue weighted by Crippen LogP contribution is -2.36. The molecule has 0 saturated heterocycles. The molecule has 1 fully saturated rings. The Morgan fingerprint density at radius 3 is 2.55 bits per heavy atom. The summed E-state index contributed by atoms with van der Waals surface area (Å²) in [7, 11) is 0. The normalized spacial score (nSPS) is 14.8. The summed E-state index contributed by atoms with van der Waals surface area (Å²) in [6.45, 7) is 3.58. The van der Waals surface area contributed by atoms with Gasteiger partial charge in [0.05, 0.1) is 11.3 Å². The summed E-state index contributed by atoms with van der Waals surface area (Å²) in [6.07, 6.45) is 2.26. The summed E-state index contributed by atoms with van der Waals surface area (Å²) in [5.74, 6) is -0.334. The van der Waals surface area contributed by atoms with Crippen LogP contribution in [0.1, 0.15) is 43.5 Å². The predicted molar refractivity (Wildman–Crippen MR) is 78.4 cm³/mol. The van der Waals surface area contributed by atoms with Crippen LogP contribution in [0, 0.1) is 0 Å². The predicted octanol–water partition coefficient (Wildman–Crippen LogP) is 1.64. The van der Waals surface area contributed by atoms with Gasteiger partial charge in [0.25, 0.3) is 5.91 Å². The van der Waals surface area contributed by atoms with E-state index in [0.29, 0.717) is 11.3 Å². The second-order valence-corrected chi connectivity index (χ2v) is 6.01. The molecule has 0 radical (unpaired) electrons. The molecule has 0 aliphatic heterocycles. The van der Waals surface area contributed by atoms with Gasteiger partial charge >= 0.3 is 0 Å². The van der Waals surface area contributed by atoms with E-state index in [1.807, 2.05) is 0 Å². The van der Waals surface area contributed by atoms with Gasteiger partial charge in [0.2, 0.25) is 5.91 Å². The molecule has 0 bridgehead atoms. The van der Waals surface area contributed by atoms with Gasteiger partial charge in [-0.05, 0) is 38.8 Å². The van der Waals surface area contributed by atoms with Crippen molar-refractivity contribution in [2.45, 2.75) is 44.7 Å². The third-order valence-corrected chi connectivity index (χ3v) is 2.97. The van der Waals surface area contributed by atoms with Gasteiger partial charge in [0.1, 0.15) is 0 Å². The van der Waals surface area contributed by atoms with Gasteiger partial charge in [-0.2, -0.15) is 0 Å². The molecule has 1 saturated carbocycles. The average molecular weight is 275 g/mol. The van der Waals surface area contributed by atoms with Crippen molar-refractivity contribution in [3.05, 3.63) is 29.8 Å². The Morgan fingerprint density at radius 2 is 1.95 bits per heavy atom. The van der Waals surface area contributed by atoms with Gasteiger partial charge in [-0.1, -0.05) is 12.1 Å². The van der Waals surface area contributed by atoms with Crippen LogP contribution in [0.25, 0.3) is 0 Å². The lowest BCUT2D eigenvalue weighted by atomic mass is 10.0. The summed E-state index contributed by atoms with van der Waals surface area (Å²) >= 11 is 0. The summed E-state index contributed by atoms with van der Waals surface area (Å²) < 4.78 is 0. The van der Waals surface area contributed by atoms with E-state index in [4.69, 9.17) is 5.73 Å². The zero-order valence-corrected chi connectivity index (χ0v) is 11.9. The highest BCUT2D eigenvalue weighted by molar-refractivity contribution is 6.04. The molecule has 1 aliphatic rings. The fourth-order valence-electron chi connectivity index (χ4n) is 1.89. The molecule has 1 aromatic carbocycles. The van der Waals surface area contributed by atoms with Gasteiger partial charge in [0.15, 0.2) is 0 Å². The van der Waals surface area contributed by atoms with Crippen LogP contribution in [0.5, 0.6) is 0 Å². The number of anilines is 1. The van der Waals surface area contributed by atoms with E-state index >= 15 is 0 Å². The molecular weight excluding hydrogens is 254 g/mol. The molecule has 108 valence electrons. The zero-order valence-electron chi connectivity index (χ0n) is 11.9. The van der Waals surface area contributed by atoms with E-state index in [1.54, 1.807) is 38.1 Å². The summed E-state index contributed by atoms with van der Waals surface area (Å²) in [5.41, 5.74) is 6.26. The minimum Gasteiger partial charge on any atom is -0.349 e. The van der Waals surface area contributed by atoms with Crippen LogP contribution in [0.15, 0.2) is 24.3 Å². The van der Waals surface area contributed by atoms with Gasteiger partial charge in [0, 0.05) is 18.0 Å². The Bertz CT molecular complexity index is 516. The number of hydrogen-bond donors (Lipinski definition) is 3. The molecule has 1 aliphatic carbocycles. The largest absolute Gasteiger partial charge is 0.349 e. The first kappa shape index (κ1) is 14.5. The molecule has 2 amide bonds. The molecule has 20 heavy (non-hydrogen) atoms. The Kier molecular flexibility index (Phi) is 4.09. The van der Waals surface area contributed by atoms with E-state index in [9.17, 15) is 9.59 Å². The number of amides is 2. The van der Waals surface area contributed by atoms with Gasteiger partial charge < -0.3 is 16.4 Å². The smallest absolute Gasteiger partial charge is 0.253 e. The number of para-hydroxylation sites is 1. The number of rotatable bonds is 5. The Hall–Kier alpha value is -1.88. The Balaban J connectivity index is 2.07. The third-order valence-electron chi connectivity index (χ3n) is 2.97. The fraction of sp³-hybridized carbons (Fsp3) is 0.467. The van der Waals surface area contributed by atoms with Crippen molar-refractivity contribution in [3.8, 4) is 0 Å². The van der Waals surface area contributed by atoms with Crippen molar-refractivity contribution in [3.63, 3.8) is 0 Å². The summed E-state index contributed by atoms with van der Waals surface area (Å²) in [4.78, 5) is 24.0. The quantitative estimate of drug-likeness (QED) is 0.764. The maximum absolute atomic E-state index is 12.1. The molecule has 0 atom stereocenters. The Labute approximate surface area is 118 Å². The lowest BCUT2D eigenvalue weighted by Gasteiger charge is -2.18. The number of hydrogen-bond acceptors (Lipinski definition) is 3. The van der Waals surface area contributed by atoms with Crippen molar-refractivity contribution < 1.29 is 9.59 Å². The van der Waals surface area contributed by atoms with E-state index in [1.165, 1.54) is 0 Å². The minimum absolute atomic E-state index is 0.143. The second-order valence-electron chi connectivity index (χ2n) is 6.01. The van der Waals surface area contributed by atoms with Crippen molar-refractivity contribution in [1.82, 2.24) is 5.32 Å². The molecule has 0 aromatic heterocycles. The lowest BCUT2D eigenvalue weighted by molar-refractivity contribution is -0.117. The third kappa shape index (κ3) is 4.35. The van der Waals surface area contributed by atoms with Crippen LogP contribution in [-0.4, -0.2) is 23.4 Å². The molecule has 5 nitrogen and oxygen atoms in total. The van der Waals surface area contributed by atoms with E-state index in [0.717, 1.165) is 12.8 Å². The molecule has 1 aromatic rings. The second kappa shape index (κ2) is 5.63. The van der Waals surface area contributed by atoms with E-state index < -0.39 is 5.54 Å². The first-order chi connectivity index (χ1) is 9.35. The average Bonchev–Trinajstić information content (AvgIpc) is 3.10. The number of carbonyl (C=O) groups is 2. The molecule has 5 heteroatoms. The van der Waals surface area contributed by atoms with Crippen LogP contribution in [-0.2, 0) is 4.79 Å². The van der Waals surface area contributed by atoms with Gasteiger partial charge in [-0.3, -0.25) is 9.59 Å². The van der Waals surface area contributed by atoms with Crippen LogP contribution in [0.2, 0.25) is 0 Å². The molecular formula is C15H21N3O2. The highest BCUT2D eigenvalue weighted by atomic mass is 16.2. The summed E-state index contributed by atoms with van der Waals surface area (Å²) in [6, 6.07) is 7.29. The fourth-order valence-corrected chi connectivity index (χ4v) is 1.89. The molecule has 0 spiro atoms.